The number of thiocarbonyl (C=S) groups is 1. The summed E-state index contributed by atoms with van der Waals surface area (Å²) in [5.41, 5.74) is 1.53. The number of thiophene rings is 1. The fourth-order valence-corrected chi connectivity index (χ4v) is 5.81. The summed E-state index contributed by atoms with van der Waals surface area (Å²) < 4.78 is 0.822. The first-order chi connectivity index (χ1) is 15.7. The molecule has 33 heavy (non-hydrogen) atoms. The summed E-state index contributed by atoms with van der Waals surface area (Å²) in [7, 11) is 0. The Morgan fingerprint density at radius 3 is 2.42 bits per heavy atom. The summed E-state index contributed by atoms with van der Waals surface area (Å²) in [5, 5.41) is 8.03. The number of fused-ring (bicyclic) bond motifs is 1. The minimum absolute atomic E-state index is 0.0802. The Bertz CT molecular complexity index is 1260. The van der Waals surface area contributed by atoms with E-state index in [2.05, 4.69) is 15.5 Å². The predicted octanol–water partition coefficient (Wildman–Crippen LogP) is 5.66. The maximum atomic E-state index is 12.7. The van der Waals surface area contributed by atoms with Gasteiger partial charge < -0.3 is 15.1 Å². The van der Waals surface area contributed by atoms with Gasteiger partial charge in [0.1, 0.15) is 4.88 Å². The molecule has 2 N–H and O–H groups in total. The number of anilines is 2. The molecule has 172 valence electrons. The van der Waals surface area contributed by atoms with Crippen molar-refractivity contribution < 1.29 is 9.59 Å². The third-order valence-electron chi connectivity index (χ3n) is 5.30. The summed E-state index contributed by atoms with van der Waals surface area (Å²) in [6.45, 7) is 4.32. The molecule has 3 aromatic rings. The fourth-order valence-electron chi connectivity index (χ4n) is 3.61. The zero-order valence-corrected chi connectivity index (χ0v) is 21.4. The van der Waals surface area contributed by atoms with E-state index in [-0.39, 0.29) is 11.0 Å². The lowest BCUT2D eigenvalue weighted by Gasteiger charge is -2.36. The van der Waals surface area contributed by atoms with Crippen molar-refractivity contribution >= 4 is 96.7 Å². The van der Waals surface area contributed by atoms with E-state index in [0.717, 1.165) is 15.8 Å². The molecule has 1 aliphatic heterocycles. The van der Waals surface area contributed by atoms with Crippen LogP contribution in [0.2, 0.25) is 15.1 Å². The van der Waals surface area contributed by atoms with Gasteiger partial charge in [-0.2, -0.15) is 0 Å². The van der Waals surface area contributed by atoms with Gasteiger partial charge >= 0.3 is 0 Å². The van der Waals surface area contributed by atoms with Gasteiger partial charge in [-0.25, -0.2) is 0 Å². The van der Waals surface area contributed by atoms with E-state index in [9.17, 15) is 9.59 Å². The van der Waals surface area contributed by atoms with Gasteiger partial charge in [0, 0.05) is 53.9 Å². The Hall–Kier alpha value is -2.10. The molecule has 2 amide bonds. The monoisotopic (exact) mass is 540 g/mol. The van der Waals surface area contributed by atoms with Crippen LogP contribution in [0, 0.1) is 0 Å². The normalized spacial score (nSPS) is 13.8. The van der Waals surface area contributed by atoms with Crippen LogP contribution < -0.4 is 15.5 Å². The number of nitrogens with zero attached hydrogens (tertiary/aromatic N) is 2. The highest BCUT2D eigenvalue weighted by molar-refractivity contribution is 7.80. The van der Waals surface area contributed by atoms with Gasteiger partial charge in [-0.15, -0.1) is 11.3 Å². The Morgan fingerprint density at radius 2 is 1.76 bits per heavy atom. The van der Waals surface area contributed by atoms with Gasteiger partial charge in [-0.3, -0.25) is 14.9 Å². The Morgan fingerprint density at radius 1 is 1.03 bits per heavy atom. The molecule has 1 aromatic heterocycles. The number of halogens is 3. The van der Waals surface area contributed by atoms with E-state index < -0.39 is 5.91 Å². The Kier molecular flexibility index (Phi) is 7.31. The van der Waals surface area contributed by atoms with E-state index in [1.807, 2.05) is 17.0 Å². The van der Waals surface area contributed by atoms with Crippen molar-refractivity contribution in [3.8, 4) is 0 Å². The van der Waals surface area contributed by atoms with Crippen molar-refractivity contribution in [2.24, 2.45) is 0 Å². The molecule has 0 spiro atoms. The van der Waals surface area contributed by atoms with Crippen molar-refractivity contribution in [2.45, 2.75) is 6.92 Å². The summed E-state index contributed by atoms with van der Waals surface area (Å²) in [5.74, 6) is -0.322. The number of carbonyl (C=O) groups excluding carboxylic acids is 2. The van der Waals surface area contributed by atoms with Crippen molar-refractivity contribution in [2.75, 3.05) is 36.4 Å². The largest absolute Gasteiger partial charge is 0.367 e. The van der Waals surface area contributed by atoms with Crippen LogP contribution in [0.5, 0.6) is 0 Å². The summed E-state index contributed by atoms with van der Waals surface area (Å²) >= 11 is 25.5. The molecule has 1 aliphatic rings. The van der Waals surface area contributed by atoms with E-state index in [4.69, 9.17) is 47.0 Å². The maximum Gasteiger partial charge on any atom is 0.269 e. The zero-order chi connectivity index (χ0) is 23.7. The first-order valence-electron chi connectivity index (χ1n) is 10.0. The number of piperazine rings is 1. The lowest BCUT2D eigenvalue weighted by Crippen LogP contribution is -2.48. The van der Waals surface area contributed by atoms with Gasteiger partial charge in [0.05, 0.1) is 15.7 Å². The van der Waals surface area contributed by atoms with Crippen LogP contribution in [0.25, 0.3) is 10.1 Å². The molecule has 6 nitrogen and oxygen atoms in total. The van der Waals surface area contributed by atoms with Crippen molar-refractivity contribution in [3.05, 3.63) is 56.3 Å². The van der Waals surface area contributed by atoms with Gasteiger partial charge in [-0.1, -0.05) is 40.9 Å². The van der Waals surface area contributed by atoms with Crippen LogP contribution in [0.15, 0.2) is 36.4 Å². The molecule has 0 unspecified atom stereocenters. The summed E-state index contributed by atoms with van der Waals surface area (Å²) in [6.07, 6.45) is 0. The van der Waals surface area contributed by atoms with Gasteiger partial charge in [0.2, 0.25) is 5.91 Å². The minimum Gasteiger partial charge on any atom is -0.367 e. The first-order valence-corrected chi connectivity index (χ1v) is 12.4. The molecule has 1 saturated heterocycles. The first kappa shape index (κ1) is 24.0. The van der Waals surface area contributed by atoms with Crippen LogP contribution >= 0.6 is 58.4 Å². The van der Waals surface area contributed by atoms with Crippen LogP contribution in [0.1, 0.15) is 16.6 Å². The third kappa shape index (κ3) is 5.36. The van der Waals surface area contributed by atoms with Gasteiger partial charge in [0.15, 0.2) is 5.11 Å². The molecule has 2 aromatic carbocycles. The summed E-state index contributed by atoms with van der Waals surface area (Å²) in [4.78, 5) is 28.6. The highest BCUT2D eigenvalue weighted by Crippen LogP contribution is 2.36. The third-order valence-corrected chi connectivity index (χ3v) is 7.69. The Balaban J connectivity index is 1.40. The second-order valence-corrected chi connectivity index (χ2v) is 10.1. The predicted molar refractivity (Wildman–Crippen MR) is 141 cm³/mol. The number of benzene rings is 2. The molecule has 0 atom stereocenters. The molecular formula is C22H19Cl3N4O2S2. The average molecular weight is 542 g/mol. The van der Waals surface area contributed by atoms with Crippen molar-refractivity contribution in [3.63, 3.8) is 0 Å². The smallest absolute Gasteiger partial charge is 0.269 e. The quantitative estimate of drug-likeness (QED) is 0.419. The molecule has 2 heterocycles. The average Bonchev–Trinajstić information content (AvgIpc) is 3.09. The Labute approximate surface area is 215 Å². The highest BCUT2D eigenvalue weighted by Gasteiger charge is 2.21. The van der Waals surface area contributed by atoms with Crippen LogP contribution in [-0.2, 0) is 4.79 Å². The second-order valence-electron chi connectivity index (χ2n) is 7.45. The zero-order valence-electron chi connectivity index (χ0n) is 17.5. The number of amides is 2. The lowest BCUT2D eigenvalue weighted by molar-refractivity contribution is -0.129. The van der Waals surface area contributed by atoms with Crippen LogP contribution in [0.3, 0.4) is 0 Å². The molecule has 11 heteroatoms. The van der Waals surface area contributed by atoms with Crippen molar-refractivity contribution in [1.82, 2.24) is 10.2 Å². The molecule has 0 aliphatic carbocycles. The van der Waals surface area contributed by atoms with E-state index in [0.29, 0.717) is 51.8 Å². The van der Waals surface area contributed by atoms with Crippen molar-refractivity contribution in [1.29, 1.82) is 0 Å². The van der Waals surface area contributed by atoms with Gasteiger partial charge in [-0.05, 0) is 42.5 Å². The number of nitrogens with one attached hydrogen (secondary N) is 2. The molecule has 4 rings (SSSR count). The lowest BCUT2D eigenvalue weighted by atomic mass is 10.2. The molecule has 1 fully saturated rings. The molecule has 0 radical (unpaired) electrons. The molecule has 0 saturated carbocycles. The topological polar surface area (TPSA) is 64.7 Å². The van der Waals surface area contributed by atoms with Gasteiger partial charge in [0.25, 0.3) is 5.91 Å². The minimum atomic E-state index is -0.402. The number of rotatable bonds is 3. The SMILES string of the molecule is CC(=O)N1CCN(c2ccc(NC(=S)NC(=O)c3sc4cc(Cl)ccc4c3Cl)cc2Cl)CC1. The standard InChI is InChI=1S/C22H19Cl3N4O2S2/c1-12(30)28-6-8-29(9-7-28)17-5-3-14(11-16(17)24)26-22(32)27-21(31)20-19(25)15-4-2-13(23)10-18(15)33-20/h2-5,10-11H,6-9H2,1H3,(H2,26,27,31,32). The maximum absolute atomic E-state index is 12.7. The number of carbonyl (C=O) groups is 2. The van der Waals surface area contributed by atoms with Crippen LogP contribution in [0.4, 0.5) is 11.4 Å². The fraction of sp³-hybridized carbons (Fsp3) is 0.227. The van der Waals surface area contributed by atoms with Crippen LogP contribution in [-0.4, -0.2) is 48.0 Å². The highest BCUT2D eigenvalue weighted by atomic mass is 35.5. The summed E-state index contributed by atoms with van der Waals surface area (Å²) in [6, 6.07) is 10.8. The van der Waals surface area contributed by atoms with E-state index in [1.165, 1.54) is 11.3 Å². The molecule has 0 bridgehead atoms. The number of hydrogen-bond acceptors (Lipinski definition) is 5. The second kappa shape index (κ2) is 10.0. The number of hydrogen-bond donors (Lipinski definition) is 2. The van der Waals surface area contributed by atoms with E-state index >= 15 is 0 Å². The van der Waals surface area contributed by atoms with E-state index in [1.54, 1.807) is 31.2 Å². The molecular weight excluding hydrogens is 523 g/mol.